The molecule has 0 radical (unpaired) electrons. The average molecular weight is 337 g/mol. The first-order valence-electron chi connectivity index (χ1n) is 7.47. The Bertz CT molecular complexity index is 972. The van der Waals surface area contributed by atoms with Gasteiger partial charge in [0.2, 0.25) is 0 Å². The fourth-order valence-electron chi connectivity index (χ4n) is 2.32. The Morgan fingerprint density at radius 2 is 2.12 bits per heavy atom. The van der Waals surface area contributed by atoms with E-state index in [2.05, 4.69) is 10.3 Å². The first-order valence-corrected chi connectivity index (χ1v) is 7.47. The van der Waals surface area contributed by atoms with E-state index in [1.165, 1.54) is 7.11 Å². The lowest BCUT2D eigenvalue weighted by Crippen LogP contribution is -2.20. The molecule has 1 heterocycles. The number of amides is 1. The van der Waals surface area contributed by atoms with Crippen molar-refractivity contribution in [2.75, 3.05) is 19.0 Å². The predicted octanol–water partition coefficient (Wildman–Crippen LogP) is 3.03. The Morgan fingerprint density at radius 1 is 1.28 bits per heavy atom. The number of hydrogen-bond acceptors (Lipinski definition) is 6. The van der Waals surface area contributed by atoms with Crippen molar-refractivity contribution in [3.63, 3.8) is 0 Å². The van der Waals surface area contributed by atoms with Crippen molar-refractivity contribution in [3.05, 3.63) is 47.9 Å². The van der Waals surface area contributed by atoms with Gasteiger partial charge < -0.3 is 19.2 Å². The van der Waals surface area contributed by atoms with Gasteiger partial charge in [-0.05, 0) is 30.3 Å². The first kappa shape index (κ1) is 16.3. The van der Waals surface area contributed by atoms with Gasteiger partial charge in [-0.2, -0.15) is 5.26 Å². The van der Waals surface area contributed by atoms with Crippen LogP contribution in [0.2, 0.25) is 0 Å². The molecular formula is C18H15N3O4. The Balaban J connectivity index is 1.65. The van der Waals surface area contributed by atoms with Crippen LogP contribution in [0, 0.1) is 18.3 Å². The van der Waals surface area contributed by atoms with Crippen LogP contribution in [-0.4, -0.2) is 24.6 Å². The van der Waals surface area contributed by atoms with E-state index in [4.69, 9.17) is 19.2 Å². The summed E-state index contributed by atoms with van der Waals surface area (Å²) in [6.45, 7) is 1.56. The van der Waals surface area contributed by atoms with E-state index in [0.717, 1.165) is 0 Å². The lowest BCUT2D eigenvalue weighted by atomic mass is 10.2. The van der Waals surface area contributed by atoms with E-state index in [1.807, 2.05) is 6.07 Å². The summed E-state index contributed by atoms with van der Waals surface area (Å²) in [7, 11) is 1.47. The molecule has 7 heteroatoms. The minimum atomic E-state index is -0.328. The number of methoxy groups -OCH3 is 1. The van der Waals surface area contributed by atoms with Gasteiger partial charge in [0, 0.05) is 18.7 Å². The zero-order valence-corrected chi connectivity index (χ0v) is 13.7. The second kappa shape index (κ2) is 6.93. The summed E-state index contributed by atoms with van der Waals surface area (Å²) in [5, 5.41) is 11.6. The minimum Gasteiger partial charge on any atom is -0.493 e. The second-order valence-electron chi connectivity index (χ2n) is 5.23. The van der Waals surface area contributed by atoms with Gasteiger partial charge in [-0.15, -0.1) is 0 Å². The molecule has 25 heavy (non-hydrogen) atoms. The lowest BCUT2D eigenvalue weighted by molar-refractivity contribution is -0.118. The molecule has 0 aliphatic heterocycles. The topological polar surface area (TPSA) is 97.4 Å². The summed E-state index contributed by atoms with van der Waals surface area (Å²) < 4.78 is 16.0. The molecule has 1 aromatic heterocycles. The molecule has 0 bridgehead atoms. The largest absolute Gasteiger partial charge is 0.493 e. The van der Waals surface area contributed by atoms with Crippen LogP contribution in [0.3, 0.4) is 0 Å². The van der Waals surface area contributed by atoms with Gasteiger partial charge in [-0.1, -0.05) is 0 Å². The van der Waals surface area contributed by atoms with Crippen LogP contribution in [0.1, 0.15) is 11.5 Å². The molecule has 0 spiro atoms. The third-order valence-electron chi connectivity index (χ3n) is 3.43. The van der Waals surface area contributed by atoms with Crippen molar-refractivity contribution in [3.8, 4) is 17.6 Å². The minimum absolute atomic E-state index is 0.196. The Hall–Kier alpha value is -3.53. The van der Waals surface area contributed by atoms with Gasteiger partial charge in [0.1, 0.15) is 5.52 Å². The summed E-state index contributed by atoms with van der Waals surface area (Å²) in [4.78, 5) is 16.3. The molecule has 0 unspecified atom stereocenters. The van der Waals surface area contributed by atoms with Crippen molar-refractivity contribution in [1.29, 1.82) is 5.26 Å². The van der Waals surface area contributed by atoms with E-state index in [1.54, 1.807) is 43.3 Å². The van der Waals surface area contributed by atoms with Gasteiger partial charge in [0.25, 0.3) is 5.91 Å². The number of aromatic nitrogens is 1. The van der Waals surface area contributed by atoms with Gasteiger partial charge in [-0.25, -0.2) is 4.98 Å². The van der Waals surface area contributed by atoms with Crippen LogP contribution >= 0.6 is 0 Å². The van der Waals surface area contributed by atoms with Gasteiger partial charge in [-0.3, -0.25) is 4.79 Å². The van der Waals surface area contributed by atoms with E-state index in [9.17, 15) is 4.79 Å². The molecule has 3 rings (SSSR count). The maximum Gasteiger partial charge on any atom is 0.262 e. The average Bonchev–Trinajstić information content (AvgIpc) is 2.99. The smallest absolute Gasteiger partial charge is 0.262 e. The van der Waals surface area contributed by atoms with Crippen molar-refractivity contribution in [1.82, 2.24) is 4.98 Å². The van der Waals surface area contributed by atoms with Crippen LogP contribution in [0.4, 0.5) is 5.69 Å². The normalized spacial score (nSPS) is 10.3. The van der Waals surface area contributed by atoms with Crippen LogP contribution in [0.5, 0.6) is 11.5 Å². The molecular weight excluding hydrogens is 322 g/mol. The molecule has 0 aliphatic rings. The maximum absolute atomic E-state index is 12.1. The van der Waals surface area contributed by atoms with Crippen LogP contribution < -0.4 is 14.8 Å². The zero-order valence-electron chi connectivity index (χ0n) is 13.7. The van der Waals surface area contributed by atoms with E-state index in [-0.39, 0.29) is 12.5 Å². The molecule has 3 aromatic rings. The van der Waals surface area contributed by atoms with Crippen LogP contribution in [-0.2, 0) is 4.79 Å². The number of fused-ring (bicyclic) bond motifs is 1. The van der Waals surface area contributed by atoms with Crippen molar-refractivity contribution >= 4 is 22.7 Å². The number of benzene rings is 2. The first-order chi connectivity index (χ1) is 12.1. The predicted molar refractivity (Wildman–Crippen MR) is 90.6 cm³/mol. The number of nitriles is 1. The number of oxazole rings is 1. The number of carbonyl (C=O) groups excluding carboxylic acids is 1. The van der Waals surface area contributed by atoms with Crippen molar-refractivity contribution < 1.29 is 18.7 Å². The third-order valence-corrected chi connectivity index (χ3v) is 3.43. The number of carbonyl (C=O) groups is 1. The number of hydrogen-bond donors (Lipinski definition) is 1. The van der Waals surface area contributed by atoms with Crippen molar-refractivity contribution in [2.24, 2.45) is 0 Å². The SMILES string of the molecule is COc1cc(C#N)ccc1OCC(=O)Nc1ccc2oc(C)nc2c1. The fraction of sp³-hybridized carbons (Fsp3) is 0.167. The number of anilines is 1. The molecule has 0 saturated carbocycles. The summed E-state index contributed by atoms with van der Waals surface area (Å²) in [5.74, 6) is 1.02. The Morgan fingerprint density at radius 3 is 2.88 bits per heavy atom. The fourth-order valence-corrected chi connectivity index (χ4v) is 2.32. The van der Waals surface area contributed by atoms with Crippen molar-refractivity contribution in [2.45, 2.75) is 6.92 Å². The highest BCUT2D eigenvalue weighted by molar-refractivity contribution is 5.93. The standard InChI is InChI=1S/C18H15N3O4/c1-11-20-14-8-13(4-6-15(14)25-11)21-18(22)10-24-16-5-3-12(9-19)7-17(16)23-2/h3-8H,10H2,1-2H3,(H,21,22). The van der Waals surface area contributed by atoms with Crippen LogP contribution in [0.15, 0.2) is 40.8 Å². The molecule has 126 valence electrons. The quantitative estimate of drug-likeness (QED) is 0.768. The number of nitrogens with zero attached hydrogens (tertiary/aromatic N) is 2. The van der Waals surface area contributed by atoms with Gasteiger partial charge >= 0.3 is 0 Å². The van der Waals surface area contributed by atoms with E-state index < -0.39 is 0 Å². The summed E-state index contributed by atoms with van der Waals surface area (Å²) >= 11 is 0. The molecule has 0 saturated heterocycles. The highest BCUT2D eigenvalue weighted by Crippen LogP contribution is 2.27. The van der Waals surface area contributed by atoms with E-state index >= 15 is 0 Å². The number of aryl methyl sites for hydroxylation is 1. The zero-order chi connectivity index (χ0) is 17.8. The second-order valence-corrected chi connectivity index (χ2v) is 5.23. The Labute approximate surface area is 143 Å². The number of rotatable bonds is 5. The highest BCUT2D eigenvalue weighted by Gasteiger charge is 2.10. The summed E-state index contributed by atoms with van der Waals surface area (Å²) in [5.41, 5.74) is 2.38. The molecule has 0 atom stereocenters. The van der Waals surface area contributed by atoms with Gasteiger partial charge in [0.05, 0.1) is 18.7 Å². The lowest BCUT2D eigenvalue weighted by Gasteiger charge is -2.11. The number of nitrogens with one attached hydrogen (secondary N) is 1. The molecule has 1 amide bonds. The molecule has 2 aromatic carbocycles. The van der Waals surface area contributed by atoms with Crippen LogP contribution in [0.25, 0.3) is 11.1 Å². The van der Waals surface area contributed by atoms with E-state index in [0.29, 0.717) is 39.7 Å². The molecule has 0 aliphatic carbocycles. The monoisotopic (exact) mass is 337 g/mol. The third kappa shape index (κ3) is 3.70. The highest BCUT2D eigenvalue weighted by atomic mass is 16.5. The summed E-state index contributed by atoms with van der Waals surface area (Å²) in [6, 6.07) is 12.0. The summed E-state index contributed by atoms with van der Waals surface area (Å²) in [6.07, 6.45) is 0. The Kier molecular flexibility index (Phi) is 4.53. The molecule has 1 N–H and O–H groups in total. The molecule has 7 nitrogen and oxygen atoms in total. The maximum atomic E-state index is 12.1. The number of ether oxygens (including phenoxy) is 2. The van der Waals surface area contributed by atoms with Gasteiger partial charge in [0.15, 0.2) is 29.6 Å². The molecule has 0 fully saturated rings.